The zero-order chi connectivity index (χ0) is 12.4. The van der Waals surface area contributed by atoms with Gasteiger partial charge in [0.15, 0.2) is 11.5 Å². The Hall–Kier alpha value is -1.42. The van der Waals surface area contributed by atoms with Gasteiger partial charge in [0.2, 0.25) is 0 Å². The molecule has 0 fully saturated rings. The third kappa shape index (κ3) is 2.31. The van der Waals surface area contributed by atoms with Crippen LogP contribution in [-0.4, -0.2) is 28.2 Å². The molecule has 2 rings (SSSR count). The van der Waals surface area contributed by atoms with Gasteiger partial charge in [-0.15, -0.1) is 0 Å². The summed E-state index contributed by atoms with van der Waals surface area (Å²) >= 11 is 0. The van der Waals surface area contributed by atoms with E-state index in [0.29, 0.717) is 11.8 Å². The van der Waals surface area contributed by atoms with Gasteiger partial charge in [0.05, 0.1) is 0 Å². The zero-order valence-electron chi connectivity index (χ0n) is 10.9. The molecule has 17 heavy (non-hydrogen) atoms. The fourth-order valence-electron chi connectivity index (χ4n) is 2.05. The average Bonchev–Trinajstić information content (AvgIpc) is 2.70. The van der Waals surface area contributed by atoms with Crippen molar-refractivity contribution in [2.24, 2.45) is 5.92 Å². The first-order chi connectivity index (χ1) is 8.13. The van der Waals surface area contributed by atoms with E-state index in [1.54, 1.807) is 0 Å². The highest BCUT2D eigenvalue weighted by Gasteiger charge is 2.20. The maximum Gasteiger partial charge on any atom is 0.156 e. The van der Waals surface area contributed by atoms with E-state index in [0.717, 1.165) is 23.7 Å². The summed E-state index contributed by atoms with van der Waals surface area (Å²) in [5, 5.41) is 7.84. The van der Waals surface area contributed by atoms with Crippen molar-refractivity contribution in [3.05, 3.63) is 29.7 Å². The molecule has 1 unspecified atom stereocenters. The molecule has 4 heteroatoms. The summed E-state index contributed by atoms with van der Waals surface area (Å²) in [5.74, 6) is 1.82. The maximum atomic E-state index is 4.63. The summed E-state index contributed by atoms with van der Waals surface area (Å²) in [4.78, 5) is 4.63. The van der Waals surface area contributed by atoms with Crippen molar-refractivity contribution < 1.29 is 0 Å². The average molecular weight is 232 g/mol. The second kappa shape index (κ2) is 4.84. The Morgan fingerprint density at radius 1 is 1.35 bits per heavy atom. The molecule has 0 saturated carbocycles. The second-order valence-electron chi connectivity index (χ2n) is 4.82. The summed E-state index contributed by atoms with van der Waals surface area (Å²) in [6.45, 7) is 7.38. The Labute approximate surface area is 102 Å². The van der Waals surface area contributed by atoms with Crippen LogP contribution in [0, 0.1) is 12.8 Å². The van der Waals surface area contributed by atoms with Crippen LogP contribution in [-0.2, 0) is 0 Å². The van der Waals surface area contributed by atoms with Crippen molar-refractivity contribution in [3.63, 3.8) is 0 Å². The van der Waals surface area contributed by atoms with E-state index in [2.05, 4.69) is 29.2 Å². The lowest BCUT2D eigenvalue weighted by Gasteiger charge is -2.16. The van der Waals surface area contributed by atoms with E-state index in [1.807, 2.05) is 36.7 Å². The van der Waals surface area contributed by atoms with E-state index in [-0.39, 0.29) is 0 Å². The number of aryl methyl sites for hydroxylation is 1. The highest BCUT2D eigenvalue weighted by Crippen LogP contribution is 2.21. The van der Waals surface area contributed by atoms with E-state index < -0.39 is 0 Å². The number of fused-ring (bicyclic) bond motifs is 1. The Balaban J connectivity index is 2.44. The van der Waals surface area contributed by atoms with E-state index >= 15 is 0 Å². The highest BCUT2D eigenvalue weighted by molar-refractivity contribution is 5.39. The molecule has 0 radical (unpaired) electrons. The third-order valence-electron chi connectivity index (χ3n) is 3.13. The number of pyridine rings is 1. The lowest BCUT2D eigenvalue weighted by Crippen LogP contribution is -2.22. The van der Waals surface area contributed by atoms with E-state index in [9.17, 15) is 0 Å². The molecule has 1 atom stereocenters. The number of aromatic nitrogens is 3. The topological polar surface area (TPSA) is 42.2 Å². The summed E-state index contributed by atoms with van der Waals surface area (Å²) in [6, 6.07) is 6.07. The van der Waals surface area contributed by atoms with Crippen molar-refractivity contribution >= 4 is 5.65 Å². The molecule has 1 N–H and O–H groups in total. The van der Waals surface area contributed by atoms with Crippen molar-refractivity contribution in [2.75, 3.05) is 13.6 Å². The van der Waals surface area contributed by atoms with Crippen LogP contribution >= 0.6 is 0 Å². The predicted octanol–water partition coefficient (Wildman–Crippen LogP) is 2.00. The normalized spacial score (nSPS) is 13.5. The van der Waals surface area contributed by atoms with Crippen molar-refractivity contribution in [2.45, 2.75) is 26.7 Å². The van der Waals surface area contributed by atoms with Gasteiger partial charge in [-0.1, -0.05) is 19.9 Å². The standard InChI is InChI=1S/C13H20N4/c1-9(2)11(8-14-4)13-15-12-7-5-6-10(3)17(12)16-13/h5-7,9,11,14H,8H2,1-4H3. The number of nitrogens with zero attached hydrogens (tertiary/aromatic N) is 3. The quantitative estimate of drug-likeness (QED) is 0.876. The van der Waals surface area contributed by atoms with Crippen LogP contribution < -0.4 is 5.32 Å². The monoisotopic (exact) mass is 232 g/mol. The second-order valence-corrected chi connectivity index (χ2v) is 4.82. The van der Waals surface area contributed by atoms with Crippen molar-refractivity contribution in [1.29, 1.82) is 0 Å². The third-order valence-corrected chi connectivity index (χ3v) is 3.13. The minimum atomic E-state index is 0.360. The van der Waals surface area contributed by atoms with Gasteiger partial charge in [-0.25, -0.2) is 9.50 Å². The molecule has 0 aliphatic carbocycles. The predicted molar refractivity (Wildman–Crippen MR) is 69.2 cm³/mol. The van der Waals surface area contributed by atoms with Gasteiger partial charge in [0, 0.05) is 18.2 Å². The molecule has 92 valence electrons. The number of hydrogen-bond acceptors (Lipinski definition) is 3. The largest absolute Gasteiger partial charge is 0.319 e. The zero-order valence-corrected chi connectivity index (χ0v) is 10.9. The fraction of sp³-hybridized carbons (Fsp3) is 0.538. The van der Waals surface area contributed by atoms with Gasteiger partial charge in [0.25, 0.3) is 0 Å². The first-order valence-corrected chi connectivity index (χ1v) is 6.10. The molecule has 0 aliphatic rings. The molecule has 0 bridgehead atoms. The summed E-state index contributed by atoms with van der Waals surface area (Å²) in [7, 11) is 1.97. The van der Waals surface area contributed by atoms with Crippen LogP contribution in [0.3, 0.4) is 0 Å². The van der Waals surface area contributed by atoms with E-state index in [1.165, 1.54) is 0 Å². The summed E-state index contributed by atoms with van der Waals surface area (Å²) < 4.78 is 1.92. The molecule has 0 amide bonds. The van der Waals surface area contributed by atoms with Crippen LogP contribution in [0.15, 0.2) is 18.2 Å². The lowest BCUT2D eigenvalue weighted by atomic mass is 9.95. The molecule has 0 spiro atoms. The number of nitrogens with one attached hydrogen (secondary N) is 1. The molecular weight excluding hydrogens is 212 g/mol. The first kappa shape index (κ1) is 12.0. The smallest absolute Gasteiger partial charge is 0.156 e. The van der Waals surface area contributed by atoms with Gasteiger partial charge in [0.1, 0.15) is 0 Å². The molecule has 2 aromatic rings. The van der Waals surface area contributed by atoms with Crippen LogP contribution in [0.1, 0.15) is 31.3 Å². The van der Waals surface area contributed by atoms with Crippen LogP contribution in [0.2, 0.25) is 0 Å². The number of hydrogen-bond donors (Lipinski definition) is 1. The van der Waals surface area contributed by atoms with Gasteiger partial charge >= 0.3 is 0 Å². The van der Waals surface area contributed by atoms with Crippen LogP contribution in [0.4, 0.5) is 0 Å². The minimum absolute atomic E-state index is 0.360. The summed E-state index contributed by atoms with van der Waals surface area (Å²) in [5.41, 5.74) is 2.05. The number of rotatable bonds is 4. The number of likely N-dealkylation sites (N-methyl/N-ethyl adjacent to an activating group) is 1. The van der Waals surface area contributed by atoms with Gasteiger partial charge < -0.3 is 5.32 Å². The molecule has 2 aromatic heterocycles. The van der Waals surface area contributed by atoms with E-state index in [4.69, 9.17) is 0 Å². The SMILES string of the molecule is CNCC(c1nc2cccc(C)n2n1)C(C)C. The Morgan fingerprint density at radius 2 is 2.12 bits per heavy atom. The van der Waals surface area contributed by atoms with Gasteiger partial charge in [-0.3, -0.25) is 0 Å². The molecule has 2 heterocycles. The van der Waals surface area contributed by atoms with Crippen molar-refractivity contribution in [3.8, 4) is 0 Å². The molecule has 0 aliphatic heterocycles. The van der Waals surface area contributed by atoms with Gasteiger partial charge in [-0.2, -0.15) is 5.10 Å². The Bertz CT molecular complexity index is 501. The van der Waals surface area contributed by atoms with Gasteiger partial charge in [-0.05, 0) is 32.0 Å². The molecule has 0 saturated heterocycles. The Morgan fingerprint density at radius 3 is 2.71 bits per heavy atom. The highest BCUT2D eigenvalue weighted by atomic mass is 15.3. The Kier molecular flexibility index (Phi) is 3.43. The fourth-order valence-corrected chi connectivity index (χ4v) is 2.05. The van der Waals surface area contributed by atoms with Crippen molar-refractivity contribution in [1.82, 2.24) is 19.9 Å². The molecule has 0 aromatic carbocycles. The first-order valence-electron chi connectivity index (χ1n) is 6.10. The maximum absolute atomic E-state index is 4.63. The minimum Gasteiger partial charge on any atom is -0.319 e. The summed E-state index contributed by atoms with van der Waals surface area (Å²) in [6.07, 6.45) is 0. The van der Waals surface area contributed by atoms with Crippen LogP contribution in [0.25, 0.3) is 5.65 Å². The molecule has 4 nitrogen and oxygen atoms in total. The lowest BCUT2D eigenvalue weighted by molar-refractivity contribution is 0.458. The van der Waals surface area contributed by atoms with Crippen LogP contribution in [0.5, 0.6) is 0 Å². The molecular formula is C13H20N4.